The highest BCUT2D eigenvalue weighted by atomic mass is 19.4. The molecule has 8 heteroatoms. The molecule has 26 heavy (non-hydrogen) atoms. The predicted molar refractivity (Wildman–Crippen MR) is 86.6 cm³/mol. The van der Waals surface area contributed by atoms with Crippen molar-refractivity contribution in [1.29, 1.82) is 0 Å². The van der Waals surface area contributed by atoms with Gasteiger partial charge in [0.15, 0.2) is 5.78 Å². The van der Waals surface area contributed by atoms with Crippen LogP contribution in [-0.4, -0.2) is 46.9 Å². The van der Waals surface area contributed by atoms with Gasteiger partial charge in [0, 0.05) is 31.5 Å². The highest BCUT2D eigenvalue weighted by molar-refractivity contribution is 5.98. The smallest absolute Gasteiger partial charge is 0.394 e. The molecule has 0 spiro atoms. The molecule has 1 aromatic rings. The van der Waals surface area contributed by atoms with Crippen LogP contribution in [0.4, 0.5) is 13.2 Å². The zero-order valence-electron chi connectivity index (χ0n) is 14.3. The van der Waals surface area contributed by atoms with Crippen molar-refractivity contribution in [3.05, 3.63) is 35.4 Å². The van der Waals surface area contributed by atoms with Gasteiger partial charge in [-0.25, -0.2) is 0 Å². The lowest BCUT2D eigenvalue weighted by Gasteiger charge is -2.18. The largest absolute Gasteiger partial charge is 0.481 e. The van der Waals surface area contributed by atoms with Crippen molar-refractivity contribution in [3.8, 4) is 0 Å². The van der Waals surface area contributed by atoms with Crippen LogP contribution in [0.3, 0.4) is 0 Å². The molecule has 1 saturated heterocycles. The van der Waals surface area contributed by atoms with Gasteiger partial charge in [-0.1, -0.05) is 31.2 Å². The van der Waals surface area contributed by atoms with Gasteiger partial charge in [-0.15, -0.1) is 0 Å². The third kappa shape index (κ3) is 4.62. The molecule has 142 valence electrons. The van der Waals surface area contributed by atoms with Gasteiger partial charge in [-0.3, -0.25) is 14.4 Å². The van der Waals surface area contributed by atoms with Gasteiger partial charge in [0.05, 0.1) is 11.8 Å². The molecule has 1 aromatic carbocycles. The van der Waals surface area contributed by atoms with E-state index in [4.69, 9.17) is 5.11 Å². The van der Waals surface area contributed by atoms with Crippen molar-refractivity contribution in [2.24, 2.45) is 11.8 Å². The number of Topliss-reactive ketones (excluding diaryl/α,β-unsaturated/α-hetero) is 1. The Morgan fingerprint density at radius 2 is 1.73 bits per heavy atom. The zero-order valence-corrected chi connectivity index (χ0v) is 14.3. The standard InChI is InChI=1S/C18H20F3NO4/c1-2-11-3-5-12(6-4-11)15(23)7-8-16(24)22-9-13(17(25)26)14(10-22)18(19,20)21/h3-6,13-14H,2,7-10H2,1H3,(H,25,26)/t13-,14-/m1/s1. The minimum absolute atomic E-state index is 0.130. The Kier molecular flexibility index (Phi) is 6.05. The number of aryl methyl sites for hydroxylation is 1. The number of carboxylic acids is 1. The second kappa shape index (κ2) is 7.88. The summed E-state index contributed by atoms with van der Waals surface area (Å²) in [6.07, 6.45) is -4.23. The fraction of sp³-hybridized carbons (Fsp3) is 0.500. The third-order valence-electron chi connectivity index (χ3n) is 4.66. The van der Waals surface area contributed by atoms with E-state index in [1.807, 2.05) is 6.92 Å². The molecular weight excluding hydrogens is 351 g/mol. The summed E-state index contributed by atoms with van der Waals surface area (Å²) in [6.45, 7) is 0.806. The number of nitrogens with zero attached hydrogens (tertiary/aromatic N) is 1. The number of hydrogen-bond acceptors (Lipinski definition) is 3. The second-order valence-electron chi connectivity index (χ2n) is 6.37. The van der Waals surface area contributed by atoms with Crippen LogP contribution < -0.4 is 0 Å². The molecule has 0 aliphatic carbocycles. The minimum Gasteiger partial charge on any atom is -0.481 e. The summed E-state index contributed by atoms with van der Waals surface area (Å²) in [5.74, 6) is -6.24. The summed E-state index contributed by atoms with van der Waals surface area (Å²) in [7, 11) is 0. The van der Waals surface area contributed by atoms with Gasteiger partial charge in [-0.2, -0.15) is 13.2 Å². The highest BCUT2D eigenvalue weighted by Crippen LogP contribution is 2.38. The van der Waals surface area contributed by atoms with E-state index in [2.05, 4.69) is 0 Å². The first-order chi connectivity index (χ1) is 12.1. The second-order valence-corrected chi connectivity index (χ2v) is 6.37. The van der Waals surface area contributed by atoms with Crippen LogP contribution in [0.2, 0.25) is 0 Å². The van der Waals surface area contributed by atoms with E-state index in [1.165, 1.54) is 0 Å². The first-order valence-corrected chi connectivity index (χ1v) is 8.33. The Morgan fingerprint density at radius 1 is 1.12 bits per heavy atom. The summed E-state index contributed by atoms with van der Waals surface area (Å²) >= 11 is 0. The van der Waals surface area contributed by atoms with Crippen molar-refractivity contribution in [2.75, 3.05) is 13.1 Å². The summed E-state index contributed by atoms with van der Waals surface area (Å²) in [4.78, 5) is 36.2. The third-order valence-corrected chi connectivity index (χ3v) is 4.66. The molecule has 1 aliphatic heterocycles. The fourth-order valence-corrected chi connectivity index (χ4v) is 3.04. The average molecular weight is 371 g/mol. The molecule has 1 fully saturated rings. The van der Waals surface area contributed by atoms with Gasteiger partial charge in [0.25, 0.3) is 0 Å². The normalized spacial score (nSPS) is 20.2. The van der Waals surface area contributed by atoms with Crippen LogP contribution >= 0.6 is 0 Å². The quantitative estimate of drug-likeness (QED) is 0.781. The van der Waals surface area contributed by atoms with Crippen LogP contribution in [-0.2, 0) is 16.0 Å². The van der Waals surface area contributed by atoms with Crippen LogP contribution in [0.15, 0.2) is 24.3 Å². The number of aliphatic carboxylic acids is 1. The molecule has 2 rings (SSSR count). The number of alkyl halides is 3. The number of benzene rings is 1. The number of rotatable bonds is 6. The molecule has 1 heterocycles. The van der Waals surface area contributed by atoms with Gasteiger partial charge < -0.3 is 10.0 Å². The lowest BCUT2D eigenvalue weighted by molar-refractivity contribution is -0.188. The molecule has 0 bridgehead atoms. The van der Waals surface area contributed by atoms with E-state index in [0.717, 1.165) is 16.9 Å². The van der Waals surface area contributed by atoms with E-state index in [-0.39, 0.29) is 18.6 Å². The molecule has 1 amide bonds. The van der Waals surface area contributed by atoms with Gasteiger partial charge in [0.1, 0.15) is 0 Å². The van der Waals surface area contributed by atoms with Gasteiger partial charge in [0.2, 0.25) is 5.91 Å². The molecule has 1 N–H and O–H groups in total. The molecule has 0 aromatic heterocycles. The monoisotopic (exact) mass is 371 g/mol. The van der Waals surface area contributed by atoms with Crippen LogP contribution in [0, 0.1) is 11.8 Å². The molecule has 0 radical (unpaired) electrons. The van der Waals surface area contributed by atoms with Crippen LogP contribution in [0.1, 0.15) is 35.7 Å². The van der Waals surface area contributed by atoms with E-state index in [0.29, 0.717) is 5.56 Å². The molecule has 0 saturated carbocycles. The van der Waals surface area contributed by atoms with E-state index < -0.39 is 43.0 Å². The number of carbonyl (C=O) groups excluding carboxylic acids is 2. The lowest BCUT2D eigenvalue weighted by atomic mass is 9.96. The number of halogens is 3. The minimum atomic E-state index is -4.69. The molecule has 5 nitrogen and oxygen atoms in total. The van der Waals surface area contributed by atoms with Gasteiger partial charge >= 0.3 is 12.1 Å². The average Bonchev–Trinajstić information content (AvgIpc) is 3.05. The summed E-state index contributed by atoms with van der Waals surface area (Å²) in [5, 5.41) is 8.96. The molecule has 0 unspecified atom stereocenters. The number of carboxylic acid groups (broad SMARTS) is 1. The summed E-state index contributed by atoms with van der Waals surface area (Å²) in [5.41, 5.74) is 1.50. The number of ketones is 1. The predicted octanol–water partition coefficient (Wildman–Crippen LogP) is 2.93. The first-order valence-electron chi connectivity index (χ1n) is 8.33. The summed E-state index contributed by atoms with van der Waals surface area (Å²) in [6, 6.07) is 6.92. The maximum atomic E-state index is 12.9. The van der Waals surface area contributed by atoms with E-state index >= 15 is 0 Å². The van der Waals surface area contributed by atoms with Crippen LogP contribution in [0.25, 0.3) is 0 Å². The first kappa shape index (κ1) is 19.9. The maximum Gasteiger partial charge on any atom is 0.394 e. The Morgan fingerprint density at radius 3 is 2.19 bits per heavy atom. The van der Waals surface area contributed by atoms with Crippen molar-refractivity contribution in [3.63, 3.8) is 0 Å². The fourth-order valence-electron chi connectivity index (χ4n) is 3.04. The molecular formula is C18H20F3NO4. The molecule has 1 aliphatic rings. The Bertz CT molecular complexity index is 685. The number of amides is 1. The molecule has 2 atom stereocenters. The van der Waals surface area contributed by atoms with Crippen molar-refractivity contribution in [2.45, 2.75) is 32.4 Å². The lowest BCUT2D eigenvalue weighted by Crippen LogP contribution is -2.34. The van der Waals surface area contributed by atoms with Gasteiger partial charge in [-0.05, 0) is 12.0 Å². The van der Waals surface area contributed by atoms with E-state index in [9.17, 15) is 27.6 Å². The SMILES string of the molecule is CCc1ccc(C(=O)CCC(=O)N2C[C@@H](C(F)(F)F)[C@H](C(=O)O)C2)cc1. The van der Waals surface area contributed by atoms with Crippen LogP contribution in [0.5, 0.6) is 0 Å². The Hall–Kier alpha value is -2.38. The number of hydrogen-bond donors (Lipinski definition) is 1. The number of likely N-dealkylation sites (tertiary alicyclic amines) is 1. The van der Waals surface area contributed by atoms with E-state index in [1.54, 1.807) is 24.3 Å². The topological polar surface area (TPSA) is 74.7 Å². The summed E-state index contributed by atoms with van der Waals surface area (Å²) < 4.78 is 38.8. The number of carbonyl (C=O) groups is 3. The highest BCUT2D eigenvalue weighted by Gasteiger charge is 2.53. The Balaban J connectivity index is 1.95. The van der Waals surface area contributed by atoms with Crippen molar-refractivity contribution < 1.29 is 32.7 Å². The zero-order chi connectivity index (χ0) is 19.5. The maximum absolute atomic E-state index is 12.9. The Labute approximate surface area is 148 Å². The van der Waals surface area contributed by atoms with Crippen molar-refractivity contribution in [1.82, 2.24) is 4.90 Å². The van der Waals surface area contributed by atoms with Crippen molar-refractivity contribution >= 4 is 17.7 Å².